The van der Waals surface area contributed by atoms with E-state index in [0.717, 1.165) is 22.5 Å². The monoisotopic (exact) mass is 352 g/mol. The summed E-state index contributed by atoms with van der Waals surface area (Å²) in [5.41, 5.74) is 3.59. The van der Waals surface area contributed by atoms with Crippen molar-refractivity contribution in [1.29, 1.82) is 0 Å². The summed E-state index contributed by atoms with van der Waals surface area (Å²) in [6.45, 7) is 6.72. The fraction of sp³-hybridized carbons (Fsp3) is 0.333. The smallest absolute Gasteiger partial charge is 0.229 e. The van der Waals surface area contributed by atoms with Gasteiger partial charge in [-0.15, -0.1) is 0 Å². The van der Waals surface area contributed by atoms with Crippen LogP contribution in [0.25, 0.3) is 0 Å². The van der Waals surface area contributed by atoms with Gasteiger partial charge in [-0.3, -0.25) is 9.59 Å². The van der Waals surface area contributed by atoms with Crippen LogP contribution in [0.4, 0.5) is 11.4 Å². The number of ether oxygens (including phenoxy) is 1. The average Bonchev–Trinajstić information content (AvgIpc) is 3.01. The van der Waals surface area contributed by atoms with Crippen molar-refractivity contribution in [2.24, 2.45) is 5.92 Å². The molecule has 5 nitrogen and oxygen atoms in total. The van der Waals surface area contributed by atoms with Crippen molar-refractivity contribution >= 4 is 23.2 Å². The number of nitrogens with one attached hydrogen (secondary N) is 1. The topological polar surface area (TPSA) is 58.6 Å². The van der Waals surface area contributed by atoms with Gasteiger partial charge in [-0.1, -0.05) is 30.3 Å². The van der Waals surface area contributed by atoms with Crippen LogP contribution < -0.4 is 15.0 Å². The summed E-state index contributed by atoms with van der Waals surface area (Å²) in [5.74, 6) is 0.112. The molecule has 1 aliphatic heterocycles. The third-order valence-electron chi connectivity index (χ3n) is 4.68. The highest BCUT2D eigenvalue weighted by molar-refractivity contribution is 6.04. The largest absolute Gasteiger partial charge is 0.492 e. The molecular formula is C21H24N2O3. The predicted molar refractivity (Wildman–Crippen MR) is 103 cm³/mol. The summed E-state index contributed by atoms with van der Waals surface area (Å²) in [7, 11) is 0. The summed E-state index contributed by atoms with van der Waals surface area (Å²) in [4.78, 5) is 26.9. The Morgan fingerprint density at radius 1 is 1.15 bits per heavy atom. The second kappa shape index (κ2) is 7.60. The third kappa shape index (κ3) is 3.57. The zero-order chi connectivity index (χ0) is 18.7. The molecule has 0 aromatic heterocycles. The Labute approximate surface area is 154 Å². The molecular weight excluding hydrogens is 328 g/mol. The zero-order valence-electron chi connectivity index (χ0n) is 15.4. The van der Waals surface area contributed by atoms with Crippen LogP contribution in [0, 0.1) is 19.8 Å². The van der Waals surface area contributed by atoms with E-state index in [2.05, 4.69) is 5.32 Å². The number of anilines is 2. The van der Waals surface area contributed by atoms with Gasteiger partial charge in [-0.25, -0.2) is 0 Å². The Kier molecular flexibility index (Phi) is 5.26. The van der Waals surface area contributed by atoms with E-state index in [9.17, 15) is 9.59 Å². The van der Waals surface area contributed by atoms with Crippen LogP contribution >= 0.6 is 0 Å². The molecule has 0 unspecified atom stereocenters. The molecule has 0 aliphatic carbocycles. The molecule has 0 radical (unpaired) electrons. The van der Waals surface area contributed by atoms with Gasteiger partial charge in [0.1, 0.15) is 5.75 Å². The van der Waals surface area contributed by atoms with E-state index in [1.54, 1.807) is 4.90 Å². The Balaban J connectivity index is 1.77. The van der Waals surface area contributed by atoms with Gasteiger partial charge in [0.25, 0.3) is 0 Å². The number of amides is 2. The standard InChI is InChI=1S/C21H24N2O3/c1-4-26-18-11-6-5-10-17(18)23-13-16(12-19(23)24)21(25)22-20-14(2)8-7-9-15(20)3/h5-11,16H,4,12-13H2,1-3H3,(H,22,25)/t16-/m1/s1. The minimum atomic E-state index is -0.379. The fourth-order valence-corrected chi connectivity index (χ4v) is 3.31. The van der Waals surface area contributed by atoms with Crippen LogP contribution in [0.15, 0.2) is 42.5 Å². The number of benzene rings is 2. The van der Waals surface area contributed by atoms with Gasteiger partial charge < -0.3 is 15.0 Å². The predicted octanol–water partition coefficient (Wildman–Crippen LogP) is 3.69. The molecule has 2 aromatic carbocycles. The van der Waals surface area contributed by atoms with Gasteiger partial charge in [0, 0.05) is 18.7 Å². The zero-order valence-corrected chi connectivity index (χ0v) is 15.4. The van der Waals surface area contributed by atoms with Gasteiger partial charge in [-0.05, 0) is 44.0 Å². The molecule has 1 fully saturated rings. The third-order valence-corrected chi connectivity index (χ3v) is 4.68. The summed E-state index contributed by atoms with van der Waals surface area (Å²) < 4.78 is 5.63. The maximum atomic E-state index is 12.7. The molecule has 1 aliphatic rings. The molecule has 1 N–H and O–H groups in total. The lowest BCUT2D eigenvalue weighted by Crippen LogP contribution is -2.28. The van der Waals surface area contributed by atoms with Crippen molar-refractivity contribution in [3.63, 3.8) is 0 Å². The van der Waals surface area contributed by atoms with E-state index in [0.29, 0.717) is 18.9 Å². The number of para-hydroxylation sites is 3. The second-order valence-electron chi connectivity index (χ2n) is 6.56. The van der Waals surface area contributed by atoms with Crippen LogP contribution in [0.5, 0.6) is 5.75 Å². The lowest BCUT2D eigenvalue weighted by molar-refractivity contribution is -0.122. The van der Waals surface area contributed by atoms with E-state index >= 15 is 0 Å². The van der Waals surface area contributed by atoms with E-state index < -0.39 is 0 Å². The van der Waals surface area contributed by atoms with Crippen molar-refractivity contribution in [3.05, 3.63) is 53.6 Å². The van der Waals surface area contributed by atoms with E-state index in [1.807, 2.05) is 63.2 Å². The van der Waals surface area contributed by atoms with Gasteiger partial charge >= 0.3 is 0 Å². The normalized spacial score (nSPS) is 16.7. The van der Waals surface area contributed by atoms with Crippen LogP contribution in [0.3, 0.4) is 0 Å². The Morgan fingerprint density at radius 2 is 1.85 bits per heavy atom. The maximum absolute atomic E-state index is 12.7. The Bertz CT molecular complexity index is 812. The number of nitrogens with zero attached hydrogens (tertiary/aromatic N) is 1. The number of carbonyl (C=O) groups is 2. The quantitative estimate of drug-likeness (QED) is 0.893. The molecule has 2 amide bonds. The first-order valence-corrected chi connectivity index (χ1v) is 8.90. The van der Waals surface area contributed by atoms with Crippen LogP contribution in [0.2, 0.25) is 0 Å². The highest BCUT2D eigenvalue weighted by Gasteiger charge is 2.36. The fourth-order valence-electron chi connectivity index (χ4n) is 3.31. The highest BCUT2D eigenvalue weighted by atomic mass is 16.5. The average molecular weight is 352 g/mol. The minimum Gasteiger partial charge on any atom is -0.492 e. The first-order chi connectivity index (χ1) is 12.5. The van der Waals surface area contributed by atoms with Crippen LogP contribution in [-0.4, -0.2) is 25.0 Å². The van der Waals surface area contributed by atoms with Gasteiger partial charge in [0.15, 0.2) is 0 Å². The van der Waals surface area contributed by atoms with E-state index in [4.69, 9.17) is 4.74 Å². The maximum Gasteiger partial charge on any atom is 0.229 e. The van der Waals surface area contributed by atoms with Crippen LogP contribution in [0.1, 0.15) is 24.5 Å². The molecule has 5 heteroatoms. The lowest BCUT2D eigenvalue weighted by atomic mass is 10.1. The highest BCUT2D eigenvalue weighted by Crippen LogP contribution is 2.33. The van der Waals surface area contributed by atoms with Crippen molar-refractivity contribution in [2.75, 3.05) is 23.4 Å². The molecule has 1 heterocycles. The number of carbonyl (C=O) groups excluding carboxylic acids is 2. The minimum absolute atomic E-state index is 0.0567. The molecule has 1 saturated heterocycles. The van der Waals surface area contributed by atoms with Gasteiger partial charge in [0.05, 0.1) is 18.2 Å². The van der Waals surface area contributed by atoms with Crippen LogP contribution in [-0.2, 0) is 9.59 Å². The Hall–Kier alpha value is -2.82. The van der Waals surface area contributed by atoms with Crippen molar-refractivity contribution < 1.29 is 14.3 Å². The number of hydrogen-bond acceptors (Lipinski definition) is 3. The summed E-state index contributed by atoms with van der Waals surface area (Å²) in [6, 6.07) is 13.3. The molecule has 2 aromatic rings. The molecule has 136 valence electrons. The number of hydrogen-bond donors (Lipinski definition) is 1. The lowest BCUT2D eigenvalue weighted by Gasteiger charge is -2.20. The first-order valence-electron chi connectivity index (χ1n) is 8.90. The second-order valence-corrected chi connectivity index (χ2v) is 6.56. The van der Waals surface area contributed by atoms with Crippen molar-refractivity contribution in [3.8, 4) is 5.75 Å². The SMILES string of the molecule is CCOc1ccccc1N1C[C@H](C(=O)Nc2c(C)cccc2C)CC1=O. The first kappa shape index (κ1) is 18.0. The van der Waals surface area contributed by atoms with E-state index in [1.165, 1.54) is 0 Å². The number of rotatable bonds is 5. The molecule has 0 saturated carbocycles. The summed E-state index contributed by atoms with van der Waals surface area (Å²) >= 11 is 0. The summed E-state index contributed by atoms with van der Waals surface area (Å²) in [6.07, 6.45) is 0.206. The summed E-state index contributed by atoms with van der Waals surface area (Å²) in [5, 5.41) is 3.00. The molecule has 0 spiro atoms. The van der Waals surface area contributed by atoms with Crippen molar-refractivity contribution in [2.45, 2.75) is 27.2 Å². The Morgan fingerprint density at radius 3 is 2.54 bits per heavy atom. The molecule has 3 rings (SSSR count). The van der Waals surface area contributed by atoms with Gasteiger partial charge in [-0.2, -0.15) is 0 Å². The number of aryl methyl sites for hydroxylation is 2. The van der Waals surface area contributed by atoms with Crippen molar-refractivity contribution in [1.82, 2.24) is 0 Å². The molecule has 1 atom stereocenters. The molecule has 0 bridgehead atoms. The van der Waals surface area contributed by atoms with Gasteiger partial charge in [0.2, 0.25) is 11.8 Å². The molecule has 26 heavy (non-hydrogen) atoms. The van der Waals surface area contributed by atoms with E-state index in [-0.39, 0.29) is 24.2 Å².